The quantitative estimate of drug-likeness (QED) is 0.490. The molecule has 0 N–H and O–H groups in total. The van der Waals surface area contributed by atoms with Crippen LogP contribution < -0.4 is 9.80 Å². The number of nitrogens with zero attached hydrogens (tertiary/aromatic N) is 3. The van der Waals surface area contributed by atoms with E-state index in [9.17, 15) is 14.4 Å². The SMILES string of the molecule is CN(C(=O)[C@@H]1Cc2ccccc2CN1C(=O)c1ccc(Cl)s1)c1ccc(N2CCCCC2=O)cc1. The van der Waals surface area contributed by atoms with Crippen molar-refractivity contribution in [3.8, 4) is 0 Å². The fourth-order valence-corrected chi connectivity index (χ4v) is 5.81. The molecule has 3 aromatic rings. The summed E-state index contributed by atoms with van der Waals surface area (Å²) in [6.45, 7) is 1.09. The Balaban J connectivity index is 1.40. The van der Waals surface area contributed by atoms with E-state index in [0.29, 0.717) is 34.3 Å². The Morgan fingerprint density at radius 2 is 1.74 bits per heavy atom. The van der Waals surface area contributed by atoms with Crippen molar-refractivity contribution in [2.75, 3.05) is 23.4 Å². The van der Waals surface area contributed by atoms with Gasteiger partial charge in [0.2, 0.25) is 11.8 Å². The zero-order valence-corrected chi connectivity index (χ0v) is 21.0. The van der Waals surface area contributed by atoms with Gasteiger partial charge in [-0.1, -0.05) is 35.9 Å². The molecule has 0 bridgehead atoms. The highest BCUT2D eigenvalue weighted by Gasteiger charge is 2.37. The minimum atomic E-state index is -0.633. The van der Waals surface area contributed by atoms with E-state index < -0.39 is 6.04 Å². The van der Waals surface area contributed by atoms with Crippen LogP contribution >= 0.6 is 22.9 Å². The second-order valence-electron chi connectivity index (χ2n) is 8.94. The molecule has 1 saturated heterocycles. The number of likely N-dealkylation sites (N-methyl/N-ethyl adjacent to an activating group) is 1. The Bertz CT molecular complexity index is 1270. The van der Waals surface area contributed by atoms with Crippen LogP contribution in [-0.2, 0) is 22.6 Å². The van der Waals surface area contributed by atoms with Gasteiger partial charge in [-0.25, -0.2) is 0 Å². The van der Waals surface area contributed by atoms with Crippen LogP contribution in [0.1, 0.15) is 40.1 Å². The summed E-state index contributed by atoms with van der Waals surface area (Å²) in [4.78, 5) is 45.0. The lowest BCUT2D eigenvalue weighted by Crippen LogP contribution is -2.53. The lowest BCUT2D eigenvalue weighted by molar-refractivity contribution is -0.123. The van der Waals surface area contributed by atoms with Crippen LogP contribution in [0.3, 0.4) is 0 Å². The molecule has 180 valence electrons. The maximum absolute atomic E-state index is 13.7. The van der Waals surface area contributed by atoms with Crippen molar-refractivity contribution in [3.63, 3.8) is 0 Å². The summed E-state index contributed by atoms with van der Waals surface area (Å²) in [5.41, 5.74) is 3.68. The molecule has 1 aromatic heterocycles. The molecule has 3 heterocycles. The maximum atomic E-state index is 13.7. The lowest BCUT2D eigenvalue weighted by atomic mass is 9.93. The molecule has 1 fully saturated rings. The summed E-state index contributed by atoms with van der Waals surface area (Å²) in [7, 11) is 1.73. The number of hydrogen-bond acceptors (Lipinski definition) is 4. The Kier molecular flexibility index (Phi) is 6.62. The van der Waals surface area contributed by atoms with Gasteiger partial charge in [0.05, 0.1) is 9.21 Å². The van der Waals surface area contributed by atoms with Crippen molar-refractivity contribution in [2.45, 2.75) is 38.3 Å². The lowest BCUT2D eigenvalue weighted by Gasteiger charge is -2.37. The highest BCUT2D eigenvalue weighted by atomic mass is 35.5. The van der Waals surface area contributed by atoms with Crippen LogP contribution in [0.25, 0.3) is 0 Å². The highest BCUT2D eigenvalue weighted by molar-refractivity contribution is 7.18. The number of hydrogen-bond donors (Lipinski definition) is 0. The number of thiophene rings is 1. The molecule has 0 aliphatic carbocycles. The first kappa shape index (κ1) is 23.6. The summed E-state index contributed by atoms with van der Waals surface area (Å²) >= 11 is 7.30. The predicted octanol–water partition coefficient (Wildman–Crippen LogP) is 5.15. The van der Waals surface area contributed by atoms with Crippen molar-refractivity contribution >= 4 is 52.0 Å². The van der Waals surface area contributed by atoms with E-state index in [-0.39, 0.29) is 17.7 Å². The summed E-state index contributed by atoms with van der Waals surface area (Å²) in [6.07, 6.45) is 2.95. The van der Waals surface area contributed by atoms with Gasteiger partial charge < -0.3 is 14.7 Å². The van der Waals surface area contributed by atoms with E-state index >= 15 is 0 Å². The van der Waals surface area contributed by atoms with Crippen LogP contribution in [-0.4, -0.2) is 42.3 Å². The maximum Gasteiger partial charge on any atom is 0.264 e. The smallest absolute Gasteiger partial charge is 0.264 e. The Morgan fingerprint density at radius 3 is 2.43 bits per heavy atom. The number of benzene rings is 2. The third-order valence-electron chi connectivity index (χ3n) is 6.78. The van der Waals surface area contributed by atoms with E-state index in [2.05, 4.69) is 0 Å². The van der Waals surface area contributed by atoms with Crippen LogP contribution in [0.5, 0.6) is 0 Å². The van der Waals surface area contributed by atoms with Crippen molar-refractivity contribution in [2.24, 2.45) is 0 Å². The van der Waals surface area contributed by atoms with Crippen LogP contribution in [0.15, 0.2) is 60.7 Å². The third kappa shape index (κ3) is 4.70. The largest absolute Gasteiger partial charge is 0.321 e. The number of carbonyl (C=O) groups excluding carboxylic acids is 3. The Labute approximate surface area is 213 Å². The van der Waals surface area contributed by atoms with E-state index in [0.717, 1.165) is 36.2 Å². The third-order valence-corrected chi connectivity index (χ3v) is 8.00. The zero-order chi connectivity index (χ0) is 24.5. The monoisotopic (exact) mass is 507 g/mol. The highest BCUT2D eigenvalue weighted by Crippen LogP contribution is 2.31. The average Bonchev–Trinajstić information content (AvgIpc) is 3.33. The van der Waals surface area contributed by atoms with E-state index in [1.165, 1.54) is 11.3 Å². The Morgan fingerprint density at radius 1 is 1.00 bits per heavy atom. The number of rotatable bonds is 4. The molecule has 2 aliphatic heterocycles. The van der Waals surface area contributed by atoms with Crippen molar-refractivity contribution < 1.29 is 14.4 Å². The number of carbonyl (C=O) groups is 3. The Hall–Kier alpha value is -3.16. The van der Waals surface area contributed by atoms with Gasteiger partial charge in [-0.2, -0.15) is 0 Å². The fourth-order valence-electron chi connectivity index (χ4n) is 4.81. The first-order chi connectivity index (χ1) is 16.9. The summed E-state index contributed by atoms with van der Waals surface area (Å²) in [6, 6.07) is 18.2. The molecule has 2 aromatic carbocycles. The normalized spacial score (nSPS) is 17.8. The van der Waals surface area contributed by atoms with Crippen molar-refractivity contribution in [1.82, 2.24) is 4.90 Å². The minimum absolute atomic E-state index is 0.136. The summed E-state index contributed by atoms with van der Waals surface area (Å²) < 4.78 is 0.540. The molecule has 1 atom stereocenters. The van der Waals surface area contributed by atoms with Crippen LogP contribution in [0.4, 0.5) is 11.4 Å². The van der Waals surface area contributed by atoms with Gasteiger partial charge in [-0.05, 0) is 60.4 Å². The van der Waals surface area contributed by atoms with E-state index in [4.69, 9.17) is 11.6 Å². The molecule has 8 heteroatoms. The molecule has 2 aliphatic rings. The molecule has 35 heavy (non-hydrogen) atoms. The summed E-state index contributed by atoms with van der Waals surface area (Å²) in [5, 5.41) is 0. The average molecular weight is 508 g/mol. The van der Waals surface area contributed by atoms with Gasteiger partial charge in [-0.15, -0.1) is 11.3 Å². The molecular formula is C27H26ClN3O3S. The van der Waals surface area contributed by atoms with Gasteiger partial charge >= 0.3 is 0 Å². The molecule has 3 amide bonds. The van der Waals surface area contributed by atoms with E-state index in [1.54, 1.807) is 33.9 Å². The number of halogens is 1. The van der Waals surface area contributed by atoms with Gasteiger partial charge in [0, 0.05) is 44.4 Å². The number of amides is 3. The number of anilines is 2. The second-order valence-corrected chi connectivity index (χ2v) is 10.7. The standard InChI is InChI=1S/C27H26ClN3O3S/c1-29(20-9-11-21(12-10-20)30-15-5-4-8-25(30)32)26(33)22-16-18-6-2-3-7-19(18)17-31(22)27(34)23-13-14-24(28)35-23/h2-3,6-7,9-14,22H,4-5,8,15-17H2,1H3/t22-/m0/s1. The van der Waals surface area contributed by atoms with Gasteiger partial charge in [0.15, 0.2) is 0 Å². The van der Waals surface area contributed by atoms with Gasteiger partial charge in [-0.3, -0.25) is 14.4 Å². The fraction of sp³-hybridized carbons (Fsp3) is 0.296. The number of piperidine rings is 1. The molecule has 0 saturated carbocycles. The molecule has 0 unspecified atom stereocenters. The topological polar surface area (TPSA) is 60.9 Å². The van der Waals surface area contributed by atoms with E-state index in [1.807, 2.05) is 48.5 Å². The van der Waals surface area contributed by atoms with Crippen LogP contribution in [0.2, 0.25) is 4.34 Å². The zero-order valence-electron chi connectivity index (χ0n) is 19.4. The molecule has 5 rings (SSSR count). The van der Waals surface area contributed by atoms with Crippen molar-refractivity contribution in [3.05, 3.63) is 81.0 Å². The molecule has 0 spiro atoms. The van der Waals surface area contributed by atoms with Gasteiger partial charge in [0.1, 0.15) is 6.04 Å². The molecule has 6 nitrogen and oxygen atoms in total. The number of fused-ring (bicyclic) bond motifs is 1. The minimum Gasteiger partial charge on any atom is -0.321 e. The predicted molar refractivity (Wildman–Crippen MR) is 139 cm³/mol. The summed E-state index contributed by atoms with van der Waals surface area (Å²) in [5.74, 6) is -0.212. The first-order valence-corrected chi connectivity index (χ1v) is 12.9. The van der Waals surface area contributed by atoms with Crippen LogP contribution in [0, 0.1) is 0 Å². The van der Waals surface area contributed by atoms with Crippen molar-refractivity contribution in [1.29, 1.82) is 0 Å². The van der Waals surface area contributed by atoms with Gasteiger partial charge in [0.25, 0.3) is 5.91 Å². The first-order valence-electron chi connectivity index (χ1n) is 11.7. The molecular weight excluding hydrogens is 482 g/mol. The second kappa shape index (κ2) is 9.84. The molecule has 0 radical (unpaired) electrons.